The Labute approximate surface area is 103 Å². The van der Waals surface area contributed by atoms with Crippen LogP contribution in [0.15, 0.2) is 27.9 Å². The van der Waals surface area contributed by atoms with Gasteiger partial charge in [0, 0.05) is 24.0 Å². The Bertz CT molecular complexity index is 700. The average molecular weight is 246 g/mol. The maximum absolute atomic E-state index is 11.6. The number of nitrogen functional groups attached to an aromatic ring is 1. The van der Waals surface area contributed by atoms with E-state index in [0.717, 1.165) is 11.1 Å². The van der Waals surface area contributed by atoms with Gasteiger partial charge < -0.3 is 5.73 Å². The van der Waals surface area contributed by atoms with E-state index in [1.54, 1.807) is 6.20 Å². The van der Waals surface area contributed by atoms with Crippen LogP contribution in [-0.4, -0.2) is 14.8 Å². The summed E-state index contributed by atoms with van der Waals surface area (Å²) in [6.07, 6.45) is 1.66. The Kier molecular flexibility index (Phi) is 3.01. The van der Waals surface area contributed by atoms with Gasteiger partial charge in [0.2, 0.25) is 0 Å². The van der Waals surface area contributed by atoms with Gasteiger partial charge in [0.05, 0.1) is 12.2 Å². The number of rotatable bonds is 2. The molecule has 0 atom stereocenters. The van der Waals surface area contributed by atoms with Gasteiger partial charge in [-0.15, -0.1) is 0 Å². The van der Waals surface area contributed by atoms with Gasteiger partial charge in [-0.2, -0.15) is 0 Å². The van der Waals surface area contributed by atoms with Crippen LogP contribution in [0.5, 0.6) is 0 Å². The van der Waals surface area contributed by atoms with Crippen LogP contribution in [0.1, 0.15) is 16.8 Å². The molecule has 0 radical (unpaired) electrons. The standard InChI is InChI=1S/C12H14N4O2/c1-7-5-14-9(8(2)12(7)13)6-16-11(18)4-3-10(17)15-16/h3-5H,6H2,1-2H3,(H2,13,14)(H,15,17). The molecule has 0 aliphatic heterocycles. The number of aromatic nitrogens is 3. The first kappa shape index (κ1) is 12.1. The number of aromatic amines is 1. The molecule has 0 fully saturated rings. The van der Waals surface area contributed by atoms with Crippen LogP contribution >= 0.6 is 0 Å². The molecule has 0 aliphatic rings. The molecule has 0 saturated heterocycles. The number of H-pyrrole nitrogens is 1. The molecule has 6 nitrogen and oxygen atoms in total. The van der Waals surface area contributed by atoms with E-state index >= 15 is 0 Å². The normalized spacial score (nSPS) is 10.6. The van der Waals surface area contributed by atoms with E-state index in [1.807, 2.05) is 13.8 Å². The molecule has 0 aromatic carbocycles. The van der Waals surface area contributed by atoms with E-state index in [1.165, 1.54) is 16.8 Å². The van der Waals surface area contributed by atoms with Crippen molar-refractivity contribution in [2.75, 3.05) is 5.73 Å². The van der Waals surface area contributed by atoms with Crippen molar-refractivity contribution in [2.24, 2.45) is 0 Å². The number of pyridine rings is 1. The summed E-state index contributed by atoms with van der Waals surface area (Å²) in [7, 11) is 0. The van der Waals surface area contributed by atoms with Crippen LogP contribution < -0.4 is 16.9 Å². The van der Waals surface area contributed by atoms with E-state index < -0.39 is 0 Å². The molecule has 18 heavy (non-hydrogen) atoms. The van der Waals surface area contributed by atoms with Crippen LogP contribution in [0.4, 0.5) is 5.69 Å². The monoisotopic (exact) mass is 246 g/mol. The number of nitrogens with zero attached hydrogens (tertiary/aromatic N) is 2. The minimum atomic E-state index is -0.327. The lowest BCUT2D eigenvalue weighted by Crippen LogP contribution is -2.29. The van der Waals surface area contributed by atoms with Crippen LogP contribution in [0, 0.1) is 13.8 Å². The Hall–Kier alpha value is -2.37. The lowest BCUT2D eigenvalue weighted by molar-refractivity contribution is 0.614. The first-order valence-electron chi connectivity index (χ1n) is 5.50. The number of hydrogen-bond donors (Lipinski definition) is 2. The van der Waals surface area contributed by atoms with Crippen molar-refractivity contribution in [1.82, 2.24) is 14.8 Å². The van der Waals surface area contributed by atoms with E-state index in [4.69, 9.17) is 5.73 Å². The van der Waals surface area contributed by atoms with Crippen molar-refractivity contribution < 1.29 is 0 Å². The zero-order valence-corrected chi connectivity index (χ0v) is 10.2. The highest BCUT2D eigenvalue weighted by Gasteiger charge is 2.07. The summed E-state index contributed by atoms with van der Waals surface area (Å²) < 4.78 is 1.21. The van der Waals surface area contributed by atoms with Gasteiger partial charge in [0.25, 0.3) is 11.1 Å². The zero-order valence-electron chi connectivity index (χ0n) is 10.2. The number of aryl methyl sites for hydroxylation is 1. The Morgan fingerprint density at radius 3 is 2.78 bits per heavy atom. The summed E-state index contributed by atoms with van der Waals surface area (Å²) >= 11 is 0. The van der Waals surface area contributed by atoms with Crippen molar-refractivity contribution in [3.8, 4) is 0 Å². The highest BCUT2D eigenvalue weighted by atomic mass is 16.1. The summed E-state index contributed by atoms with van der Waals surface area (Å²) in [4.78, 5) is 27.0. The van der Waals surface area contributed by atoms with Crippen LogP contribution in [0.2, 0.25) is 0 Å². The van der Waals surface area contributed by atoms with Crippen molar-refractivity contribution >= 4 is 5.69 Å². The minimum absolute atomic E-state index is 0.200. The second-order valence-corrected chi connectivity index (χ2v) is 4.16. The van der Waals surface area contributed by atoms with Crippen LogP contribution in [-0.2, 0) is 6.54 Å². The molecule has 0 amide bonds. The average Bonchev–Trinajstić information content (AvgIpc) is 2.34. The lowest BCUT2D eigenvalue weighted by Gasteiger charge is -2.10. The molecule has 2 rings (SSSR count). The van der Waals surface area contributed by atoms with Gasteiger partial charge in [-0.25, -0.2) is 4.68 Å². The second kappa shape index (κ2) is 4.48. The number of anilines is 1. The molecule has 0 aliphatic carbocycles. The van der Waals surface area contributed by atoms with E-state index in [-0.39, 0.29) is 17.7 Å². The molecule has 0 unspecified atom stereocenters. The Morgan fingerprint density at radius 1 is 1.33 bits per heavy atom. The molecule has 3 N–H and O–H groups in total. The van der Waals surface area contributed by atoms with E-state index in [0.29, 0.717) is 11.4 Å². The third-order valence-corrected chi connectivity index (χ3v) is 2.87. The maximum atomic E-state index is 11.6. The molecule has 2 aromatic heterocycles. The van der Waals surface area contributed by atoms with Crippen molar-refractivity contribution in [1.29, 1.82) is 0 Å². The topological polar surface area (TPSA) is 93.8 Å². The molecule has 94 valence electrons. The smallest absolute Gasteiger partial charge is 0.265 e. The van der Waals surface area contributed by atoms with Crippen molar-refractivity contribution in [3.63, 3.8) is 0 Å². The fourth-order valence-corrected chi connectivity index (χ4v) is 1.68. The van der Waals surface area contributed by atoms with Gasteiger partial charge in [-0.3, -0.25) is 19.7 Å². The molecule has 2 aromatic rings. The highest BCUT2D eigenvalue weighted by molar-refractivity contribution is 5.53. The van der Waals surface area contributed by atoms with Gasteiger partial charge >= 0.3 is 0 Å². The Balaban J connectivity index is 2.47. The molecule has 0 spiro atoms. The number of nitrogens with one attached hydrogen (secondary N) is 1. The zero-order chi connectivity index (χ0) is 13.3. The maximum Gasteiger partial charge on any atom is 0.265 e. The summed E-state index contributed by atoms with van der Waals surface area (Å²) in [5, 5.41) is 2.45. The summed E-state index contributed by atoms with van der Waals surface area (Å²) in [5.41, 5.74) is 8.34. The molecule has 0 saturated carbocycles. The largest absolute Gasteiger partial charge is 0.398 e. The molecule has 2 heterocycles. The lowest BCUT2D eigenvalue weighted by atomic mass is 10.1. The molecular weight excluding hydrogens is 232 g/mol. The predicted octanol–water partition coefficient (Wildman–Crippen LogP) is 0.179. The van der Waals surface area contributed by atoms with Gasteiger partial charge in [-0.05, 0) is 25.0 Å². The minimum Gasteiger partial charge on any atom is -0.398 e. The third-order valence-electron chi connectivity index (χ3n) is 2.87. The van der Waals surface area contributed by atoms with Crippen molar-refractivity contribution in [3.05, 3.63) is 55.9 Å². The number of hydrogen-bond acceptors (Lipinski definition) is 4. The molecule has 6 heteroatoms. The predicted molar refractivity (Wildman–Crippen MR) is 68.5 cm³/mol. The molecule has 0 bridgehead atoms. The van der Waals surface area contributed by atoms with E-state index in [2.05, 4.69) is 10.1 Å². The fraction of sp³-hybridized carbons (Fsp3) is 0.250. The van der Waals surface area contributed by atoms with Crippen molar-refractivity contribution in [2.45, 2.75) is 20.4 Å². The summed E-state index contributed by atoms with van der Waals surface area (Å²) in [6, 6.07) is 2.42. The second-order valence-electron chi connectivity index (χ2n) is 4.16. The van der Waals surface area contributed by atoms with Gasteiger partial charge in [-0.1, -0.05) is 0 Å². The van der Waals surface area contributed by atoms with Crippen LogP contribution in [0.25, 0.3) is 0 Å². The summed E-state index contributed by atoms with van der Waals surface area (Å²) in [5.74, 6) is 0. The quantitative estimate of drug-likeness (QED) is 0.790. The van der Waals surface area contributed by atoms with Gasteiger partial charge in [0.15, 0.2) is 0 Å². The first-order valence-corrected chi connectivity index (χ1v) is 5.50. The Morgan fingerprint density at radius 2 is 2.06 bits per heavy atom. The summed E-state index contributed by atoms with van der Waals surface area (Å²) in [6.45, 7) is 3.91. The van der Waals surface area contributed by atoms with Crippen LogP contribution in [0.3, 0.4) is 0 Å². The fourth-order valence-electron chi connectivity index (χ4n) is 1.68. The van der Waals surface area contributed by atoms with E-state index in [9.17, 15) is 9.59 Å². The molecular formula is C12H14N4O2. The SMILES string of the molecule is Cc1cnc(Cn2[nH]c(=O)ccc2=O)c(C)c1N. The highest BCUT2D eigenvalue weighted by Crippen LogP contribution is 2.17. The van der Waals surface area contributed by atoms with Gasteiger partial charge in [0.1, 0.15) is 0 Å². The first-order chi connectivity index (χ1) is 8.49. The third kappa shape index (κ3) is 2.17. The number of nitrogens with two attached hydrogens (primary N) is 1.